The summed E-state index contributed by atoms with van der Waals surface area (Å²) in [6.45, 7) is 7.78. The van der Waals surface area contributed by atoms with Crippen LogP contribution in [-0.2, 0) is 4.79 Å². The van der Waals surface area contributed by atoms with Crippen LogP contribution >= 0.6 is 0 Å². The van der Waals surface area contributed by atoms with Crippen molar-refractivity contribution in [3.05, 3.63) is 59.4 Å². The third kappa shape index (κ3) is 4.37. The van der Waals surface area contributed by atoms with Crippen molar-refractivity contribution >= 4 is 17.3 Å². The second-order valence-corrected chi connectivity index (χ2v) is 6.56. The van der Waals surface area contributed by atoms with Gasteiger partial charge in [-0.2, -0.15) is 0 Å². The average Bonchev–Trinajstić information content (AvgIpc) is 2.59. The van der Waals surface area contributed by atoms with Crippen LogP contribution in [0.25, 0.3) is 0 Å². The molecular weight excluding hydrogens is 317 g/mol. The maximum Gasteiger partial charge on any atom is 0.238 e. The number of carbonyl (C=O) groups is 1. The normalized spacial score (nSPS) is 15.2. The number of aryl methyl sites for hydroxylation is 2. The summed E-state index contributed by atoms with van der Waals surface area (Å²) in [7, 11) is 0. The number of hydrogen-bond acceptors (Lipinski definition) is 3. The molecule has 1 aliphatic heterocycles. The third-order valence-electron chi connectivity index (χ3n) is 4.67. The van der Waals surface area contributed by atoms with Gasteiger partial charge in [-0.1, -0.05) is 24.3 Å². The van der Waals surface area contributed by atoms with Gasteiger partial charge in [0.05, 0.1) is 6.54 Å². The maximum absolute atomic E-state index is 13.3. The van der Waals surface area contributed by atoms with Crippen molar-refractivity contribution in [3.63, 3.8) is 0 Å². The molecule has 1 fully saturated rings. The molecule has 0 spiro atoms. The molecule has 0 unspecified atom stereocenters. The molecule has 0 radical (unpaired) electrons. The largest absolute Gasteiger partial charge is 0.369 e. The molecule has 2 aromatic rings. The van der Waals surface area contributed by atoms with Crippen LogP contribution in [0.15, 0.2) is 42.5 Å². The number of para-hydroxylation sites is 1. The zero-order chi connectivity index (χ0) is 17.8. The Labute approximate surface area is 148 Å². The number of piperazine rings is 1. The Hall–Kier alpha value is -2.40. The van der Waals surface area contributed by atoms with E-state index in [-0.39, 0.29) is 11.7 Å². The van der Waals surface area contributed by atoms with Gasteiger partial charge in [0.15, 0.2) is 0 Å². The molecular formula is C20H24FN3O. The van der Waals surface area contributed by atoms with Crippen LogP contribution in [0.1, 0.15) is 11.1 Å². The summed E-state index contributed by atoms with van der Waals surface area (Å²) < 4.78 is 13.3. The van der Waals surface area contributed by atoms with Gasteiger partial charge in [-0.25, -0.2) is 4.39 Å². The van der Waals surface area contributed by atoms with Crippen LogP contribution in [0.3, 0.4) is 0 Å². The van der Waals surface area contributed by atoms with Gasteiger partial charge in [-0.05, 0) is 43.2 Å². The van der Waals surface area contributed by atoms with Gasteiger partial charge in [0.2, 0.25) is 5.91 Å². The highest BCUT2D eigenvalue weighted by molar-refractivity contribution is 5.93. The number of benzene rings is 2. The van der Waals surface area contributed by atoms with Crippen LogP contribution in [0.4, 0.5) is 15.8 Å². The molecule has 132 valence electrons. The minimum Gasteiger partial charge on any atom is -0.369 e. The fraction of sp³-hybridized carbons (Fsp3) is 0.350. The predicted molar refractivity (Wildman–Crippen MR) is 99.6 cm³/mol. The van der Waals surface area contributed by atoms with E-state index in [0.29, 0.717) is 12.2 Å². The molecule has 0 atom stereocenters. The van der Waals surface area contributed by atoms with Gasteiger partial charge in [0.1, 0.15) is 5.82 Å². The van der Waals surface area contributed by atoms with Crippen LogP contribution < -0.4 is 10.2 Å². The van der Waals surface area contributed by atoms with Crippen molar-refractivity contribution in [3.8, 4) is 0 Å². The Morgan fingerprint density at radius 2 is 1.76 bits per heavy atom. The minimum absolute atomic E-state index is 0.0990. The molecule has 3 rings (SSSR count). The summed E-state index contributed by atoms with van der Waals surface area (Å²) in [5.74, 6) is -0.439. The fourth-order valence-electron chi connectivity index (χ4n) is 3.19. The first-order valence-electron chi connectivity index (χ1n) is 8.62. The number of hydrogen-bond donors (Lipinski definition) is 1. The van der Waals surface area contributed by atoms with Gasteiger partial charge < -0.3 is 10.2 Å². The van der Waals surface area contributed by atoms with Crippen LogP contribution in [0, 0.1) is 19.7 Å². The topological polar surface area (TPSA) is 35.6 Å². The molecule has 1 heterocycles. The Morgan fingerprint density at radius 1 is 1.04 bits per heavy atom. The molecule has 25 heavy (non-hydrogen) atoms. The third-order valence-corrected chi connectivity index (χ3v) is 4.67. The first-order chi connectivity index (χ1) is 12.0. The summed E-state index contributed by atoms with van der Waals surface area (Å²) in [5.41, 5.74) is 3.94. The lowest BCUT2D eigenvalue weighted by atomic mass is 10.1. The van der Waals surface area contributed by atoms with E-state index in [0.717, 1.165) is 31.7 Å². The minimum atomic E-state index is -0.340. The summed E-state index contributed by atoms with van der Waals surface area (Å²) >= 11 is 0. The Morgan fingerprint density at radius 3 is 2.48 bits per heavy atom. The lowest BCUT2D eigenvalue weighted by molar-refractivity contribution is -0.117. The van der Waals surface area contributed by atoms with Crippen molar-refractivity contribution in [2.24, 2.45) is 0 Å². The van der Waals surface area contributed by atoms with Crippen molar-refractivity contribution in [1.82, 2.24) is 4.90 Å². The predicted octanol–water partition coefficient (Wildman–Crippen LogP) is 3.20. The zero-order valence-corrected chi connectivity index (χ0v) is 14.8. The highest BCUT2D eigenvalue weighted by atomic mass is 19.1. The van der Waals surface area contributed by atoms with E-state index in [1.807, 2.05) is 13.0 Å². The van der Waals surface area contributed by atoms with Gasteiger partial charge in [0.25, 0.3) is 0 Å². The highest BCUT2D eigenvalue weighted by Gasteiger charge is 2.20. The van der Waals surface area contributed by atoms with E-state index in [9.17, 15) is 9.18 Å². The van der Waals surface area contributed by atoms with E-state index in [1.54, 1.807) is 6.07 Å². The highest BCUT2D eigenvalue weighted by Crippen LogP contribution is 2.21. The zero-order valence-electron chi connectivity index (χ0n) is 14.8. The van der Waals surface area contributed by atoms with E-state index < -0.39 is 0 Å². The van der Waals surface area contributed by atoms with Crippen molar-refractivity contribution < 1.29 is 9.18 Å². The van der Waals surface area contributed by atoms with Crippen LogP contribution in [-0.4, -0.2) is 43.5 Å². The van der Waals surface area contributed by atoms with E-state index in [2.05, 4.69) is 40.2 Å². The number of carbonyl (C=O) groups excluding carboxylic acids is 1. The molecule has 2 aromatic carbocycles. The number of nitrogens with zero attached hydrogens (tertiary/aromatic N) is 2. The quantitative estimate of drug-likeness (QED) is 0.928. The monoisotopic (exact) mass is 341 g/mol. The van der Waals surface area contributed by atoms with Gasteiger partial charge in [-0.15, -0.1) is 0 Å². The van der Waals surface area contributed by atoms with Crippen molar-refractivity contribution in [2.75, 3.05) is 42.9 Å². The van der Waals surface area contributed by atoms with E-state index in [1.165, 1.54) is 23.4 Å². The molecule has 0 bridgehead atoms. The maximum atomic E-state index is 13.3. The number of nitrogens with one attached hydrogen (secondary N) is 1. The second-order valence-electron chi connectivity index (χ2n) is 6.56. The Kier molecular flexibility index (Phi) is 5.34. The lowest BCUT2D eigenvalue weighted by Gasteiger charge is -2.36. The SMILES string of the molecule is Cc1ccc(F)cc1NC(=O)CN1CCN(c2ccccc2C)CC1. The van der Waals surface area contributed by atoms with Gasteiger partial charge in [-0.3, -0.25) is 9.69 Å². The smallest absolute Gasteiger partial charge is 0.238 e. The molecule has 1 saturated heterocycles. The molecule has 0 aromatic heterocycles. The number of amides is 1. The Bertz CT molecular complexity index is 754. The summed E-state index contributed by atoms with van der Waals surface area (Å²) in [6.07, 6.45) is 0. The van der Waals surface area contributed by atoms with E-state index >= 15 is 0 Å². The van der Waals surface area contributed by atoms with Gasteiger partial charge in [0, 0.05) is 37.6 Å². The number of anilines is 2. The Balaban J connectivity index is 1.53. The molecule has 0 aliphatic carbocycles. The molecule has 0 saturated carbocycles. The number of rotatable bonds is 4. The molecule has 1 N–H and O–H groups in total. The van der Waals surface area contributed by atoms with Crippen LogP contribution in [0.2, 0.25) is 0 Å². The average molecular weight is 341 g/mol. The first-order valence-corrected chi connectivity index (χ1v) is 8.62. The molecule has 1 aliphatic rings. The standard InChI is InChI=1S/C20H24FN3O/c1-15-7-8-17(21)13-18(15)22-20(25)14-23-9-11-24(12-10-23)19-6-4-3-5-16(19)2/h3-8,13H,9-12,14H2,1-2H3,(H,22,25). The summed E-state index contributed by atoms with van der Waals surface area (Å²) in [6, 6.07) is 12.8. The molecule has 4 nitrogen and oxygen atoms in total. The lowest BCUT2D eigenvalue weighted by Crippen LogP contribution is -2.48. The second kappa shape index (κ2) is 7.66. The van der Waals surface area contributed by atoms with Crippen molar-refractivity contribution in [1.29, 1.82) is 0 Å². The molecule has 5 heteroatoms. The number of halogens is 1. The molecule has 1 amide bonds. The summed E-state index contributed by atoms with van der Waals surface area (Å²) in [4.78, 5) is 16.8. The summed E-state index contributed by atoms with van der Waals surface area (Å²) in [5, 5.41) is 2.82. The van der Waals surface area contributed by atoms with Gasteiger partial charge >= 0.3 is 0 Å². The van der Waals surface area contributed by atoms with Crippen LogP contribution in [0.5, 0.6) is 0 Å². The fourth-order valence-corrected chi connectivity index (χ4v) is 3.19. The van der Waals surface area contributed by atoms with E-state index in [4.69, 9.17) is 0 Å². The van der Waals surface area contributed by atoms with Crippen molar-refractivity contribution in [2.45, 2.75) is 13.8 Å². The first kappa shape index (κ1) is 17.4.